The van der Waals surface area contributed by atoms with Crippen LogP contribution in [0.25, 0.3) is 21.9 Å². The van der Waals surface area contributed by atoms with E-state index in [0.717, 1.165) is 30.4 Å². The van der Waals surface area contributed by atoms with Crippen molar-refractivity contribution in [1.82, 2.24) is 0 Å². The van der Waals surface area contributed by atoms with Gasteiger partial charge in [0.25, 0.3) is 0 Å². The molecule has 0 radical (unpaired) electrons. The molecule has 0 nitrogen and oxygen atoms in total. The average Bonchev–Trinajstić information content (AvgIpc) is 2.58. The molecule has 0 spiro atoms. The van der Waals surface area contributed by atoms with Gasteiger partial charge in [-0.1, -0.05) is 24.3 Å². The van der Waals surface area contributed by atoms with E-state index in [1.165, 1.54) is 29.4 Å². The third kappa shape index (κ3) is 2.40. The summed E-state index contributed by atoms with van der Waals surface area (Å²) in [5.74, 6) is -3.75. The number of halogens is 3. The minimum atomic E-state index is -1.43. The molecule has 4 rings (SSSR count). The molecule has 3 heteroatoms. The molecule has 1 aliphatic rings. The van der Waals surface area contributed by atoms with Crippen LogP contribution in [0.2, 0.25) is 0 Å². The van der Waals surface area contributed by atoms with E-state index >= 15 is 0 Å². The predicted octanol–water partition coefficient (Wildman–Crippen LogP) is 5.80. The van der Waals surface area contributed by atoms with Crippen LogP contribution in [-0.2, 0) is 12.8 Å². The Morgan fingerprint density at radius 3 is 2.22 bits per heavy atom. The van der Waals surface area contributed by atoms with Gasteiger partial charge in [0.15, 0.2) is 17.5 Å². The Bertz CT molecular complexity index is 889. The Balaban J connectivity index is 1.87. The van der Waals surface area contributed by atoms with Crippen molar-refractivity contribution in [1.29, 1.82) is 0 Å². The monoisotopic (exact) mass is 312 g/mol. The zero-order chi connectivity index (χ0) is 16.0. The van der Waals surface area contributed by atoms with E-state index in [9.17, 15) is 13.2 Å². The highest BCUT2D eigenvalue weighted by Gasteiger charge is 2.14. The van der Waals surface area contributed by atoms with Crippen LogP contribution in [0.1, 0.15) is 24.0 Å². The maximum atomic E-state index is 13.4. The first-order valence-electron chi connectivity index (χ1n) is 7.83. The smallest absolute Gasteiger partial charge is 0.194 e. The van der Waals surface area contributed by atoms with Gasteiger partial charge in [0, 0.05) is 0 Å². The lowest BCUT2D eigenvalue weighted by Crippen LogP contribution is -2.03. The van der Waals surface area contributed by atoms with Gasteiger partial charge in [-0.15, -0.1) is 0 Å². The average molecular weight is 312 g/mol. The first kappa shape index (κ1) is 14.3. The molecule has 0 unspecified atom stereocenters. The first-order valence-corrected chi connectivity index (χ1v) is 7.83. The summed E-state index contributed by atoms with van der Waals surface area (Å²) in [6.07, 6.45) is 4.61. The number of benzene rings is 3. The molecule has 23 heavy (non-hydrogen) atoms. The van der Waals surface area contributed by atoms with E-state index in [1.807, 2.05) is 18.2 Å². The van der Waals surface area contributed by atoms with Gasteiger partial charge in [-0.2, -0.15) is 0 Å². The quantitative estimate of drug-likeness (QED) is 0.498. The van der Waals surface area contributed by atoms with Gasteiger partial charge in [0.1, 0.15) is 0 Å². The highest BCUT2D eigenvalue weighted by Crippen LogP contribution is 2.32. The van der Waals surface area contributed by atoms with Crippen molar-refractivity contribution in [3.63, 3.8) is 0 Å². The molecule has 0 N–H and O–H groups in total. The van der Waals surface area contributed by atoms with Crippen LogP contribution >= 0.6 is 0 Å². The van der Waals surface area contributed by atoms with E-state index in [-0.39, 0.29) is 0 Å². The van der Waals surface area contributed by atoms with Crippen LogP contribution in [0.15, 0.2) is 42.5 Å². The number of hydrogen-bond donors (Lipinski definition) is 0. The Labute approximate surface area is 132 Å². The largest absolute Gasteiger partial charge is 0.204 e. The molecule has 0 saturated carbocycles. The van der Waals surface area contributed by atoms with Gasteiger partial charge in [0.05, 0.1) is 0 Å². The molecule has 0 bridgehead atoms. The summed E-state index contributed by atoms with van der Waals surface area (Å²) < 4.78 is 40.0. The third-order valence-electron chi connectivity index (χ3n) is 4.67. The first-order chi connectivity index (χ1) is 11.1. The maximum absolute atomic E-state index is 13.4. The summed E-state index contributed by atoms with van der Waals surface area (Å²) >= 11 is 0. The molecule has 3 aromatic rings. The van der Waals surface area contributed by atoms with Gasteiger partial charge in [-0.05, 0) is 76.9 Å². The van der Waals surface area contributed by atoms with E-state index in [0.29, 0.717) is 11.1 Å². The van der Waals surface area contributed by atoms with E-state index in [2.05, 4.69) is 12.1 Å². The van der Waals surface area contributed by atoms with E-state index in [4.69, 9.17) is 0 Å². The van der Waals surface area contributed by atoms with Crippen LogP contribution in [0, 0.1) is 17.5 Å². The fraction of sp³-hybridized carbons (Fsp3) is 0.200. The fourth-order valence-corrected chi connectivity index (χ4v) is 3.49. The van der Waals surface area contributed by atoms with Gasteiger partial charge in [0.2, 0.25) is 0 Å². The van der Waals surface area contributed by atoms with E-state index < -0.39 is 17.5 Å². The second-order valence-corrected chi connectivity index (χ2v) is 6.10. The molecular formula is C20H15F3. The Kier molecular flexibility index (Phi) is 3.37. The second-order valence-electron chi connectivity index (χ2n) is 6.10. The molecule has 0 amide bonds. The van der Waals surface area contributed by atoms with Crippen molar-refractivity contribution in [3.8, 4) is 11.1 Å². The molecule has 0 heterocycles. The van der Waals surface area contributed by atoms with E-state index in [1.54, 1.807) is 0 Å². The van der Waals surface area contributed by atoms with Crippen LogP contribution in [0.3, 0.4) is 0 Å². The van der Waals surface area contributed by atoms with Crippen LogP contribution in [-0.4, -0.2) is 0 Å². The van der Waals surface area contributed by atoms with Crippen molar-refractivity contribution in [2.45, 2.75) is 25.7 Å². The highest BCUT2D eigenvalue weighted by molar-refractivity contribution is 5.90. The van der Waals surface area contributed by atoms with Crippen LogP contribution in [0.4, 0.5) is 13.2 Å². The minimum Gasteiger partial charge on any atom is -0.204 e. The lowest BCUT2D eigenvalue weighted by molar-refractivity contribution is 0.448. The molecule has 116 valence electrons. The third-order valence-corrected chi connectivity index (χ3v) is 4.67. The standard InChI is InChI=1S/C20H15F3/c21-18-10-15(11-19(22)20(18)23)13-7-8-17-14(9-13)6-5-12-3-1-2-4-16(12)17/h5-11H,1-4H2. The summed E-state index contributed by atoms with van der Waals surface area (Å²) in [5, 5.41) is 2.25. The lowest BCUT2D eigenvalue weighted by Gasteiger charge is -2.18. The number of hydrogen-bond acceptors (Lipinski definition) is 0. The molecule has 0 aliphatic heterocycles. The molecule has 0 saturated heterocycles. The summed E-state index contributed by atoms with van der Waals surface area (Å²) in [5.41, 5.74) is 3.82. The van der Waals surface area contributed by atoms with Crippen molar-refractivity contribution >= 4 is 10.8 Å². The zero-order valence-corrected chi connectivity index (χ0v) is 12.5. The summed E-state index contributed by atoms with van der Waals surface area (Å²) in [4.78, 5) is 0. The lowest BCUT2D eigenvalue weighted by atomic mass is 9.87. The number of aryl methyl sites for hydroxylation is 2. The topological polar surface area (TPSA) is 0 Å². The molecule has 0 fully saturated rings. The van der Waals surface area contributed by atoms with Crippen molar-refractivity contribution < 1.29 is 13.2 Å². The summed E-state index contributed by atoms with van der Waals surface area (Å²) in [6, 6.07) is 12.1. The molecule has 1 aliphatic carbocycles. The van der Waals surface area contributed by atoms with Gasteiger partial charge < -0.3 is 0 Å². The molecule has 0 atom stereocenters. The fourth-order valence-electron chi connectivity index (χ4n) is 3.49. The normalized spacial score (nSPS) is 14.0. The van der Waals surface area contributed by atoms with Gasteiger partial charge >= 0.3 is 0 Å². The Hall–Kier alpha value is -2.29. The SMILES string of the molecule is Fc1cc(-c2ccc3c4c(ccc3c2)CCCC4)cc(F)c1F. The summed E-state index contributed by atoms with van der Waals surface area (Å²) in [7, 11) is 0. The van der Waals surface area contributed by atoms with Gasteiger partial charge in [-0.25, -0.2) is 13.2 Å². The van der Waals surface area contributed by atoms with Crippen molar-refractivity contribution in [2.75, 3.05) is 0 Å². The number of rotatable bonds is 1. The minimum absolute atomic E-state index is 0.348. The number of fused-ring (bicyclic) bond motifs is 3. The zero-order valence-electron chi connectivity index (χ0n) is 12.5. The molecule has 0 aromatic heterocycles. The molecular weight excluding hydrogens is 297 g/mol. The summed E-state index contributed by atoms with van der Waals surface area (Å²) in [6.45, 7) is 0. The van der Waals surface area contributed by atoms with Gasteiger partial charge in [-0.3, -0.25) is 0 Å². The predicted molar refractivity (Wildman–Crippen MR) is 85.9 cm³/mol. The Morgan fingerprint density at radius 1 is 0.696 bits per heavy atom. The molecule has 3 aromatic carbocycles. The van der Waals surface area contributed by atoms with Crippen molar-refractivity contribution in [3.05, 3.63) is 71.0 Å². The van der Waals surface area contributed by atoms with Crippen molar-refractivity contribution in [2.24, 2.45) is 0 Å². The highest BCUT2D eigenvalue weighted by atomic mass is 19.2. The second kappa shape index (κ2) is 5.41. The maximum Gasteiger partial charge on any atom is 0.194 e. The van der Waals surface area contributed by atoms with Crippen LogP contribution < -0.4 is 0 Å². The Morgan fingerprint density at radius 2 is 1.43 bits per heavy atom. The van der Waals surface area contributed by atoms with Crippen LogP contribution in [0.5, 0.6) is 0 Å².